The van der Waals surface area contributed by atoms with Gasteiger partial charge in [-0.2, -0.15) is 5.10 Å². The first kappa shape index (κ1) is 38.8. The molecule has 2 aliphatic heterocycles. The number of aromatic amines is 1. The van der Waals surface area contributed by atoms with E-state index in [9.17, 15) is 13.8 Å². The van der Waals surface area contributed by atoms with Crippen LogP contribution in [-0.2, 0) is 26.4 Å². The molecule has 15 nitrogen and oxygen atoms in total. The summed E-state index contributed by atoms with van der Waals surface area (Å²) in [7, 11) is -2.96. The Labute approximate surface area is 349 Å². The van der Waals surface area contributed by atoms with Gasteiger partial charge >= 0.3 is 11.4 Å². The predicted molar refractivity (Wildman–Crippen MR) is 224 cm³/mol. The van der Waals surface area contributed by atoms with Crippen molar-refractivity contribution < 1.29 is 22.7 Å². The third-order valence-corrected chi connectivity index (χ3v) is 13.9. The summed E-state index contributed by atoms with van der Waals surface area (Å²) >= 11 is 0. The number of aryl methyl sites for hydroxylation is 2. The highest BCUT2D eigenvalue weighted by Gasteiger charge is 2.52. The second-order valence-corrected chi connectivity index (χ2v) is 18.8. The predicted octanol–water partition coefficient (Wildman–Crippen LogP) is 6.43. The van der Waals surface area contributed by atoms with Crippen LogP contribution in [0.4, 0.5) is 4.39 Å². The maximum Gasteiger partial charge on any atom is 0.438 e. The lowest BCUT2D eigenvalue weighted by Crippen LogP contribution is -2.41. The van der Waals surface area contributed by atoms with Crippen LogP contribution in [0.15, 0.2) is 92.1 Å². The highest BCUT2D eigenvalue weighted by molar-refractivity contribution is 7.91. The van der Waals surface area contributed by atoms with E-state index < -0.39 is 32.8 Å². The van der Waals surface area contributed by atoms with Gasteiger partial charge in [0.1, 0.15) is 22.9 Å². The van der Waals surface area contributed by atoms with E-state index in [1.165, 1.54) is 21.0 Å². The van der Waals surface area contributed by atoms with Crippen molar-refractivity contribution in [2.45, 2.75) is 75.3 Å². The summed E-state index contributed by atoms with van der Waals surface area (Å²) in [5.41, 5.74) is 4.50. The first-order valence-corrected chi connectivity index (χ1v) is 22.3. The van der Waals surface area contributed by atoms with Crippen LogP contribution in [0, 0.1) is 24.4 Å². The van der Waals surface area contributed by atoms with Crippen LogP contribution in [0.25, 0.3) is 28.1 Å². The number of fused-ring (bicyclic) bond motifs is 2. The number of nitrogens with zero attached hydrogens (tertiary/aromatic N) is 7. The molecule has 2 N–H and O–H groups in total. The maximum absolute atomic E-state index is 15.3. The number of halogens is 1. The standard InChI is InChI=1S/C44H44FN9O6S/c1-25-21-32(22-26(2)38(25)45)54-39(52-18-17-51(43(52)57)31-6-8-33(9-7-31)61(4,46)58)37-27(3)50(16-11-34(37)48-54)40(55)36-24-30-23-29(28-12-19-59-20-13-28)5-10-35(30)53(36)44(14-15-44)41-47-42(56)60-49-41/h5-10,17-18,21-24,27-28,46H,11-16,19-20H2,1-4H3,(H,47,49,56)/t27-,61?/m0/s1. The Balaban J connectivity index is 1.11. The minimum atomic E-state index is -2.96. The molecule has 6 heterocycles. The molecule has 4 aromatic heterocycles. The minimum absolute atomic E-state index is 0.238. The maximum atomic E-state index is 15.3. The van der Waals surface area contributed by atoms with Gasteiger partial charge in [0.15, 0.2) is 5.82 Å². The van der Waals surface area contributed by atoms with Crippen LogP contribution < -0.4 is 11.4 Å². The summed E-state index contributed by atoms with van der Waals surface area (Å²) in [5, 5.41) is 10.1. The fourth-order valence-corrected chi connectivity index (χ4v) is 10.0. The Morgan fingerprint density at radius 1 is 0.967 bits per heavy atom. The molecule has 2 atom stereocenters. The number of hydrogen-bond acceptors (Lipinski definition) is 9. The Morgan fingerprint density at radius 3 is 2.33 bits per heavy atom. The number of carbonyl (C=O) groups is 1. The molecule has 7 aromatic rings. The van der Waals surface area contributed by atoms with Crippen LogP contribution in [0.1, 0.15) is 88.8 Å². The van der Waals surface area contributed by atoms with Gasteiger partial charge in [0.25, 0.3) is 5.91 Å². The molecular weight excluding hydrogens is 802 g/mol. The lowest BCUT2D eigenvalue weighted by Gasteiger charge is -2.34. The topological polar surface area (TPSA) is 179 Å². The number of nitrogens with one attached hydrogen (secondary N) is 2. The summed E-state index contributed by atoms with van der Waals surface area (Å²) in [4.78, 5) is 47.0. The molecule has 314 valence electrons. The number of H-pyrrole nitrogens is 1. The number of amides is 1. The molecule has 2 fully saturated rings. The highest BCUT2D eigenvalue weighted by Crippen LogP contribution is 2.51. The summed E-state index contributed by atoms with van der Waals surface area (Å²) in [6.45, 7) is 7.01. The van der Waals surface area contributed by atoms with Crippen LogP contribution in [0.2, 0.25) is 0 Å². The number of hydrogen-bond donors (Lipinski definition) is 2. The third-order valence-electron chi connectivity index (χ3n) is 12.7. The van der Waals surface area contributed by atoms with Gasteiger partial charge in [0.05, 0.1) is 32.8 Å². The molecule has 1 saturated carbocycles. The van der Waals surface area contributed by atoms with E-state index >= 15 is 9.18 Å². The van der Waals surface area contributed by atoms with Crippen LogP contribution >= 0.6 is 0 Å². The first-order valence-electron chi connectivity index (χ1n) is 20.4. The molecule has 61 heavy (non-hydrogen) atoms. The largest absolute Gasteiger partial charge is 0.438 e. The summed E-state index contributed by atoms with van der Waals surface area (Å²) in [6.07, 6.45) is 8.08. The monoisotopic (exact) mass is 845 g/mol. The lowest BCUT2D eigenvalue weighted by atomic mass is 9.91. The van der Waals surface area contributed by atoms with E-state index in [2.05, 4.69) is 28.3 Å². The molecular formula is C44H44FN9O6S. The Bertz CT molecular complexity index is 3120. The number of imidazole rings is 1. The Hall–Kier alpha value is -6.33. The molecule has 10 rings (SSSR count). The smallest absolute Gasteiger partial charge is 0.381 e. The van der Waals surface area contributed by atoms with Crippen LogP contribution in [0.3, 0.4) is 0 Å². The molecule has 0 spiro atoms. The van der Waals surface area contributed by atoms with E-state index in [0.29, 0.717) is 101 Å². The number of carbonyl (C=O) groups excluding carboxylic acids is 1. The van der Waals surface area contributed by atoms with Gasteiger partial charge in [-0.15, -0.1) is 0 Å². The van der Waals surface area contributed by atoms with Gasteiger partial charge in [-0.1, -0.05) is 11.2 Å². The number of aromatic nitrogens is 7. The quantitative estimate of drug-likeness (QED) is 0.176. The van der Waals surface area contributed by atoms with Gasteiger partial charge in [-0.3, -0.25) is 23.4 Å². The molecule has 1 amide bonds. The number of ether oxygens (including phenoxy) is 1. The minimum Gasteiger partial charge on any atom is -0.381 e. The average Bonchev–Trinajstić information content (AvgIpc) is 3.54. The van der Waals surface area contributed by atoms with Crippen molar-refractivity contribution >= 4 is 26.5 Å². The van der Waals surface area contributed by atoms with Crippen molar-refractivity contribution in [3.63, 3.8) is 0 Å². The average molecular weight is 846 g/mol. The van der Waals surface area contributed by atoms with Crippen molar-refractivity contribution in [2.75, 3.05) is 26.0 Å². The van der Waals surface area contributed by atoms with Gasteiger partial charge in [0, 0.05) is 66.2 Å². The Morgan fingerprint density at radius 2 is 1.67 bits per heavy atom. The fraction of sp³-hybridized carbons (Fsp3) is 0.341. The first-order chi connectivity index (χ1) is 29.2. The normalized spacial score (nSPS) is 18.6. The van der Waals surface area contributed by atoms with Crippen LogP contribution in [0.5, 0.6) is 0 Å². The SMILES string of the molecule is Cc1cc(-n2nc3c(c2-n2ccn(-c4ccc(S(C)(=N)=O)cc4)c2=O)[C@H](C)N(C(=O)c2cc4cc(C5CCOCC5)ccc4n2C2(c4noc(=O)[nH]4)CC2)CC3)cc(C)c1F. The van der Waals surface area contributed by atoms with Crippen LogP contribution in [-0.4, -0.2) is 74.7 Å². The zero-order valence-electron chi connectivity index (χ0n) is 34.1. The molecule has 1 unspecified atom stereocenters. The second-order valence-electron chi connectivity index (χ2n) is 16.6. The molecule has 1 aliphatic carbocycles. The number of benzene rings is 3. The van der Waals surface area contributed by atoms with Gasteiger partial charge in [-0.05, 0) is 124 Å². The van der Waals surface area contributed by atoms with Crippen molar-refractivity contribution in [3.8, 4) is 17.2 Å². The molecule has 3 aromatic carbocycles. The third kappa shape index (κ3) is 6.31. The van der Waals surface area contributed by atoms with Crippen molar-refractivity contribution in [2.24, 2.45) is 0 Å². The van der Waals surface area contributed by atoms with Gasteiger partial charge < -0.3 is 14.2 Å². The summed E-state index contributed by atoms with van der Waals surface area (Å²) in [5.74, 6) is -0.127. The van der Waals surface area contributed by atoms with Crippen molar-refractivity contribution in [1.29, 1.82) is 4.78 Å². The van der Waals surface area contributed by atoms with Crippen molar-refractivity contribution in [3.05, 3.63) is 139 Å². The zero-order chi connectivity index (χ0) is 42.5. The second kappa shape index (κ2) is 14.1. The summed E-state index contributed by atoms with van der Waals surface area (Å²) in [6, 6.07) is 17.5. The lowest BCUT2D eigenvalue weighted by molar-refractivity contribution is 0.0664. The molecule has 17 heteroatoms. The van der Waals surface area contributed by atoms with E-state index in [0.717, 1.165) is 23.7 Å². The zero-order valence-corrected chi connectivity index (χ0v) is 34.9. The fourth-order valence-electron chi connectivity index (χ4n) is 9.39. The molecule has 1 saturated heterocycles. The molecule has 0 radical (unpaired) electrons. The molecule has 0 bridgehead atoms. The van der Waals surface area contributed by atoms with Crippen molar-refractivity contribution in [1.82, 2.24) is 38.5 Å². The highest BCUT2D eigenvalue weighted by atomic mass is 32.2. The van der Waals surface area contributed by atoms with E-state index in [1.54, 1.807) is 72.2 Å². The van der Waals surface area contributed by atoms with E-state index in [1.807, 2.05) is 17.6 Å². The Kier molecular flexibility index (Phi) is 8.99. The van der Waals surface area contributed by atoms with Gasteiger partial charge in [-0.25, -0.2) is 27.6 Å². The van der Waals surface area contributed by atoms with Gasteiger partial charge in [0.2, 0.25) is 0 Å². The molecule has 3 aliphatic rings. The summed E-state index contributed by atoms with van der Waals surface area (Å²) < 4.78 is 52.6. The number of rotatable bonds is 8. The van der Waals surface area contributed by atoms with E-state index in [-0.39, 0.29) is 11.7 Å². The van der Waals surface area contributed by atoms with E-state index in [4.69, 9.17) is 19.1 Å².